The molecule has 2 N–H and O–H groups in total. The second kappa shape index (κ2) is 9.38. The Morgan fingerprint density at radius 1 is 0.500 bits per heavy atom. The third kappa shape index (κ3) is 4.69. The van der Waals surface area contributed by atoms with Crippen molar-refractivity contribution in [1.29, 1.82) is 0 Å². The zero-order valence-electron chi connectivity index (χ0n) is 18.2. The van der Waals surface area contributed by atoms with Gasteiger partial charge < -0.3 is 0 Å². The van der Waals surface area contributed by atoms with Gasteiger partial charge in [0.1, 0.15) is 0 Å². The van der Waals surface area contributed by atoms with E-state index in [1.54, 1.807) is 24.3 Å². The highest BCUT2D eigenvalue weighted by Crippen LogP contribution is 2.17. The molecule has 2 amide bonds. The van der Waals surface area contributed by atoms with Gasteiger partial charge in [-0.25, -0.2) is 4.99 Å². The maximum absolute atomic E-state index is 13.0. The minimum absolute atomic E-state index is 0.0579. The minimum Gasteiger partial charge on any atom is -0.292 e. The molecule has 0 aliphatic rings. The summed E-state index contributed by atoms with van der Waals surface area (Å²) in [4.78, 5) is 30.5. The van der Waals surface area contributed by atoms with E-state index in [9.17, 15) is 9.59 Å². The predicted octanol–water partition coefficient (Wildman–Crippen LogP) is 5.84. The second-order valence-electron chi connectivity index (χ2n) is 7.83. The predicted molar refractivity (Wildman–Crippen MR) is 136 cm³/mol. The highest BCUT2D eigenvalue weighted by molar-refractivity contribution is 6.14. The summed E-state index contributed by atoms with van der Waals surface area (Å²) in [6.07, 6.45) is 0. The third-order valence-electron chi connectivity index (χ3n) is 5.48. The monoisotopic (exact) mass is 443 g/mol. The van der Waals surface area contributed by atoms with Crippen molar-refractivity contribution in [1.82, 2.24) is 10.6 Å². The summed E-state index contributed by atoms with van der Waals surface area (Å²) in [5.41, 5.74) is 1.55. The molecule has 0 aromatic heterocycles. The van der Waals surface area contributed by atoms with Crippen molar-refractivity contribution in [2.75, 3.05) is 0 Å². The Balaban J connectivity index is 1.43. The molecule has 5 nitrogen and oxygen atoms in total. The molecule has 5 aromatic rings. The number of hydrogen-bond donors (Lipinski definition) is 2. The number of guanidine groups is 1. The van der Waals surface area contributed by atoms with Crippen LogP contribution < -0.4 is 10.6 Å². The molecule has 0 atom stereocenters. The molecule has 0 aliphatic heterocycles. The Morgan fingerprint density at radius 2 is 0.941 bits per heavy atom. The van der Waals surface area contributed by atoms with Crippen LogP contribution in [0.15, 0.2) is 120 Å². The van der Waals surface area contributed by atoms with Crippen LogP contribution in [0.5, 0.6) is 0 Å². The summed E-state index contributed by atoms with van der Waals surface area (Å²) >= 11 is 0. The number of para-hydroxylation sites is 1. The lowest BCUT2D eigenvalue weighted by Crippen LogP contribution is -2.43. The standard InChI is InChI=1S/C29H21N3O2/c33-27(24-16-14-20-8-4-6-10-22(20)18-24)31-29(30-26-12-2-1-3-13-26)32-28(34)25-17-15-21-9-5-7-11-23(21)19-25/h1-19H,(H2,30,31,32,33,34). The Bertz CT molecular complexity index is 1450. The summed E-state index contributed by atoms with van der Waals surface area (Å²) in [6.45, 7) is 0. The van der Waals surface area contributed by atoms with Crippen molar-refractivity contribution in [2.24, 2.45) is 4.99 Å². The molecular weight excluding hydrogens is 422 g/mol. The molecule has 0 aliphatic carbocycles. The van der Waals surface area contributed by atoms with Gasteiger partial charge in [0.2, 0.25) is 5.96 Å². The van der Waals surface area contributed by atoms with Gasteiger partial charge in [-0.05, 0) is 57.9 Å². The first-order valence-corrected chi connectivity index (χ1v) is 10.9. The van der Waals surface area contributed by atoms with Crippen LogP contribution in [0.1, 0.15) is 20.7 Å². The number of hydrogen-bond acceptors (Lipinski definition) is 3. The highest BCUT2D eigenvalue weighted by Gasteiger charge is 2.14. The molecule has 164 valence electrons. The normalized spacial score (nSPS) is 10.6. The summed E-state index contributed by atoms with van der Waals surface area (Å²) in [7, 11) is 0. The first-order chi connectivity index (χ1) is 16.7. The molecule has 0 unspecified atom stereocenters. The van der Waals surface area contributed by atoms with E-state index < -0.39 is 0 Å². The first kappa shape index (κ1) is 21.1. The van der Waals surface area contributed by atoms with E-state index in [0.717, 1.165) is 21.5 Å². The lowest BCUT2D eigenvalue weighted by Gasteiger charge is -2.12. The van der Waals surface area contributed by atoms with Crippen LogP contribution in [0.2, 0.25) is 0 Å². The van der Waals surface area contributed by atoms with E-state index in [4.69, 9.17) is 0 Å². The number of carbonyl (C=O) groups is 2. The van der Waals surface area contributed by atoms with Crippen LogP contribution in [-0.2, 0) is 0 Å². The Hall–Kier alpha value is -4.77. The maximum Gasteiger partial charge on any atom is 0.257 e. The zero-order chi connectivity index (χ0) is 23.3. The van der Waals surface area contributed by atoms with Crippen LogP contribution in [-0.4, -0.2) is 17.8 Å². The van der Waals surface area contributed by atoms with Crippen LogP contribution >= 0.6 is 0 Å². The summed E-state index contributed by atoms with van der Waals surface area (Å²) in [5.74, 6) is -0.666. The molecule has 0 saturated heterocycles. The van der Waals surface area contributed by atoms with Gasteiger partial charge in [-0.15, -0.1) is 0 Å². The smallest absolute Gasteiger partial charge is 0.257 e. The third-order valence-corrected chi connectivity index (χ3v) is 5.48. The van der Waals surface area contributed by atoms with Gasteiger partial charge in [0.15, 0.2) is 0 Å². The topological polar surface area (TPSA) is 70.6 Å². The fraction of sp³-hybridized carbons (Fsp3) is 0. The van der Waals surface area contributed by atoms with Gasteiger partial charge in [0, 0.05) is 11.1 Å². The first-order valence-electron chi connectivity index (χ1n) is 10.9. The summed E-state index contributed by atoms with van der Waals surface area (Å²) in [5, 5.41) is 9.52. The van der Waals surface area contributed by atoms with Crippen molar-refractivity contribution in [3.63, 3.8) is 0 Å². The number of fused-ring (bicyclic) bond motifs is 2. The van der Waals surface area contributed by atoms with Crippen molar-refractivity contribution >= 4 is 45.0 Å². The molecule has 5 aromatic carbocycles. The number of rotatable bonds is 3. The molecule has 0 spiro atoms. The zero-order valence-corrected chi connectivity index (χ0v) is 18.2. The van der Waals surface area contributed by atoms with Crippen LogP contribution in [0, 0.1) is 0 Å². The maximum atomic E-state index is 13.0. The molecular formula is C29H21N3O2. The fourth-order valence-electron chi connectivity index (χ4n) is 3.74. The molecule has 0 radical (unpaired) electrons. The Kier molecular flexibility index (Phi) is 5.82. The number of nitrogens with zero attached hydrogens (tertiary/aromatic N) is 1. The van der Waals surface area contributed by atoms with E-state index in [-0.39, 0.29) is 17.8 Å². The molecule has 5 heteroatoms. The molecule has 0 fully saturated rings. The SMILES string of the molecule is O=C(NC(=Nc1ccccc1)NC(=O)c1ccc2ccccc2c1)c1ccc2ccccc2c1. The largest absolute Gasteiger partial charge is 0.292 e. The van der Waals surface area contributed by atoms with E-state index in [0.29, 0.717) is 16.8 Å². The van der Waals surface area contributed by atoms with E-state index in [2.05, 4.69) is 15.6 Å². The lowest BCUT2D eigenvalue weighted by molar-refractivity contribution is 0.0966. The second-order valence-corrected chi connectivity index (χ2v) is 7.83. The fourth-order valence-corrected chi connectivity index (χ4v) is 3.74. The summed E-state index contributed by atoms with van der Waals surface area (Å²) < 4.78 is 0. The van der Waals surface area contributed by atoms with Gasteiger partial charge in [-0.3, -0.25) is 20.2 Å². The number of nitrogens with one attached hydrogen (secondary N) is 2. The number of amides is 2. The number of aliphatic imine (C=N–C) groups is 1. The number of carbonyl (C=O) groups excluding carboxylic acids is 2. The van der Waals surface area contributed by atoms with Crippen LogP contribution in [0.25, 0.3) is 21.5 Å². The van der Waals surface area contributed by atoms with Gasteiger partial charge >= 0.3 is 0 Å². The average molecular weight is 444 g/mol. The van der Waals surface area contributed by atoms with Gasteiger partial charge in [0.25, 0.3) is 11.8 Å². The van der Waals surface area contributed by atoms with Crippen molar-refractivity contribution < 1.29 is 9.59 Å². The molecule has 0 heterocycles. The average Bonchev–Trinajstić information content (AvgIpc) is 2.88. The quantitative estimate of drug-likeness (QED) is 0.272. The van der Waals surface area contributed by atoms with Crippen molar-refractivity contribution in [3.05, 3.63) is 126 Å². The van der Waals surface area contributed by atoms with Crippen molar-refractivity contribution in [2.45, 2.75) is 0 Å². The molecule has 0 bridgehead atoms. The molecule has 0 saturated carbocycles. The van der Waals surface area contributed by atoms with Crippen molar-refractivity contribution in [3.8, 4) is 0 Å². The van der Waals surface area contributed by atoms with Gasteiger partial charge in [-0.2, -0.15) is 0 Å². The molecule has 5 rings (SSSR count). The minimum atomic E-state index is -0.362. The number of benzene rings is 5. The van der Waals surface area contributed by atoms with Crippen LogP contribution in [0.3, 0.4) is 0 Å². The van der Waals surface area contributed by atoms with Crippen LogP contribution in [0.4, 0.5) is 5.69 Å². The van der Waals surface area contributed by atoms with E-state index >= 15 is 0 Å². The Labute approximate surface area is 196 Å². The molecule has 34 heavy (non-hydrogen) atoms. The summed E-state index contributed by atoms with van der Waals surface area (Å²) in [6, 6.07) is 35.7. The van der Waals surface area contributed by atoms with Gasteiger partial charge in [-0.1, -0.05) is 78.9 Å². The van der Waals surface area contributed by atoms with Gasteiger partial charge in [0.05, 0.1) is 5.69 Å². The Morgan fingerprint density at radius 3 is 1.44 bits per heavy atom. The lowest BCUT2D eigenvalue weighted by atomic mass is 10.1. The highest BCUT2D eigenvalue weighted by atomic mass is 16.2. The van der Waals surface area contributed by atoms with E-state index in [1.165, 1.54) is 0 Å². The van der Waals surface area contributed by atoms with E-state index in [1.807, 2.05) is 91.0 Å².